The maximum Gasteiger partial charge on any atom is 0.273 e. The lowest BCUT2D eigenvalue weighted by Crippen LogP contribution is -2.50. The van der Waals surface area contributed by atoms with Gasteiger partial charge >= 0.3 is 0 Å². The molecule has 0 aliphatic rings. The Labute approximate surface area is 235 Å². The molecule has 8 nitrogen and oxygen atoms in total. The number of nitrogens with two attached hydrogens (primary N) is 2. The molecule has 1 unspecified atom stereocenters. The summed E-state index contributed by atoms with van der Waals surface area (Å²) in [6, 6.07) is 11.4. The molecule has 2 amide bonds. The van der Waals surface area contributed by atoms with E-state index in [1.807, 2.05) is 32.9 Å². The summed E-state index contributed by atoms with van der Waals surface area (Å²) in [7, 11) is 0. The van der Waals surface area contributed by atoms with E-state index >= 15 is 0 Å². The molecule has 38 heavy (non-hydrogen) atoms. The summed E-state index contributed by atoms with van der Waals surface area (Å²) in [5.74, 6) is 4.47. The minimum Gasteiger partial charge on any atom is -0.384 e. The molecule has 0 radical (unpaired) electrons. The van der Waals surface area contributed by atoms with E-state index in [4.69, 9.17) is 40.2 Å². The number of hydrogen-bond acceptors (Lipinski definition) is 5. The van der Waals surface area contributed by atoms with Crippen molar-refractivity contribution in [2.24, 2.45) is 22.1 Å². The number of halogens is 2. The molecular weight excluding hydrogens is 523 g/mol. The van der Waals surface area contributed by atoms with Crippen molar-refractivity contribution in [2.75, 3.05) is 6.54 Å². The molecule has 0 aliphatic heterocycles. The Bertz CT molecular complexity index is 1180. The van der Waals surface area contributed by atoms with Crippen LogP contribution in [0.3, 0.4) is 0 Å². The van der Waals surface area contributed by atoms with Gasteiger partial charge in [0.05, 0.1) is 12.6 Å². The van der Waals surface area contributed by atoms with Gasteiger partial charge in [-0.3, -0.25) is 15.0 Å². The number of carbonyl (C=O) groups is 2. The molecule has 206 valence electrons. The van der Waals surface area contributed by atoms with Gasteiger partial charge < -0.3 is 21.8 Å². The Morgan fingerprint density at radius 1 is 1.00 bits per heavy atom. The molecule has 6 N–H and O–H groups in total. The van der Waals surface area contributed by atoms with Crippen LogP contribution in [0.4, 0.5) is 0 Å². The first-order valence-electron chi connectivity index (χ1n) is 12.3. The lowest BCUT2D eigenvalue weighted by Gasteiger charge is -2.43. The lowest BCUT2D eigenvalue weighted by molar-refractivity contribution is -0.132. The number of rotatable bonds is 9. The van der Waals surface area contributed by atoms with E-state index < -0.39 is 11.4 Å². The van der Waals surface area contributed by atoms with Crippen molar-refractivity contribution in [3.05, 3.63) is 69.2 Å². The molecule has 0 spiro atoms. The topological polar surface area (TPSA) is 138 Å². The van der Waals surface area contributed by atoms with Gasteiger partial charge in [-0.15, -0.1) is 0 Å². The normalized spacial score (nSPS) is 13.1. The highest BCUT2D eigenvalue weighted by molar-refractivity contribution is 6.45. The lowest BCUT2D eigenvalue weighted by atomic mass is 9.85. The Morgan fingerprint density at radius 2 is 1.55 bits per heavy atom. The van der Waals surface area contributed by atoms with Crippen LogP contribution in [-0.2, 0) is 4.79 Å². The van der Waals surface area contributed by atoms with Crippen LogP contribution in [0.5, 0.6) is 0 Å². The van der Waals surface area contributed by atoms with Crippen molar-refractivity contribution in [1.82, 2.24) is 10.2 Å². The zero-order chi connectivity index (χ0) is 28.8. The van der Waals surface area contributed by atoms with Gasteiger partial charge in [0, 0.05) is 26.7 Å². The first kappa shape index (κ1) is 31.1. The molecule has 0 saturated heterocycles. The summed E-state index contributed by atoms with van der Waals surface area (Å²) < 4.78 is 0. The Morgan fingerprint density at radius 3 is 2.03 bits per heavy atom. The smallest absolute Gasteiger partial charge is 0.273 e. The fraction of sp³-hybridized carbons (Fsp3) is 0.429. The van der Waals surface area contributed by atoms with Crippen molar-refractivity contribution in [3.8, 4) is 0 Å². The van der Waals surface area contributed by atoms with Crippen molar-refractivity contribution < 1.29 is 9.59 Å². The molecule has 0 bridgehead atoms. The predicted octanol–water partition coefficient (Wildman–Crippen LogP) is 5.52. The van der Waals surface area contributed by atoms with Crippen LogP contribution >= 0.6 is 23.2 Å². The van der Waals surface area contributed by atoms with Gasteiger partial charge in [0.1, 0.15) is 11.5 Å². The third kappa shape index (κ3) is 8.74. The van der Waals surface area contributed by atoms with Crippen LogP contribution in [-0.4, -0.2) is 40.3 Å². The molecule has 0 aromatic heterocycles. The average Bonchev–Trinajstić information content (AvgIpc) is 2.82. The van der Waals surface area contributed by atoms with Gasteiger partial charge in [0.15, 0.2) is 0 Å². The SMILES string of the molecule is CC(C)(C)CCC(c1ccc(C(=O)NC/C(N)=N/N)cc1)N(C(=O)C(=N)c1cc(Cl)cc(Cl)c1)C(C)(C)C. The van der Waals surface area contributed by atoms with Gasteiger partial charge in [0.2, 0.25) is 0 Å². The largest absolute Gasteiger partial charge is 0.384 e. The number of amidine groups is 1. The van der Waals surface area contributed by atoms with Gasteiger partial charge in [0.25, 0.3) is 11.8 Å². The van der Waals surface area contributed by atoms with Gasteiger partial charge in [-0.25, -0.2) is 0 Å². The summed E-state index contributed by atoms with van der Waals surface area (Å²) in [6.07, 6.45) is 1.49. The van der Waals surface area contributed by atoms with Crippen LogP contribution in [0.1, 0.15) is 81.9 Å². The maximum atomic E-state index is 13.9. The number of amides is 2. The van der Waals surface area contributed by atoms with Crippen LogP contribution in [0.25, 0.3) is 0 Å². The predicted molar refractivity (Wildman–Crippen MR) is 156 cm³/mol. The summed E-state index contributed by atoms with van der Waals surface area (Å²) in [5.41, 5.74) is 6.40. The van der Waals surface area contributed by atoms with E-state index in [-0.39, 0.29) is 35.5 Å². The van der Waals surface area contributed by atoms with Crippen LogP contribution in [0.15, 0.2) is 47.6 Å². The third-order valence-corrected chi connectivity index (χ3v) is 6.38. The van der Waals surface area contributed by atoms with Crippen molar-refractivity contribution >= 4 is 46.6 Å². The number of carbonyl (C=O) groups excluding carboxylic acids is 2. The fourth-order valence-corrected chi connectivity index (χ4v) is 4.57. The number of hydrazone groups is 1. The monoisotopic (exact) mass is 560 g/mol. The molecular formula is C28H38Cl2N6O2. The van der Waals surface area contributed by atoms with Crippen LogP contribution in [0, 0.1) is 10.8 Å². The third-order valence-electron chi connectivity index (χ3n) is 5.94. The maximum absolute atomic E-state index is 13.9. The fourth-order valence-electron chi connectivity index (χ4n) is 4.05. The second-order valence-corrected chi connectivity index (χ2v) is 12.3. The highest BCUT2D eigenvalue weighted by Crippen LogP contribution is 2.36. The van der Waals surface area contributed by atoms with E-state index in [1.54, 1.807) is 35.2 Å². The highest BCUT2D eigenvalue weighted by atomic mass is 35.5. The number of benzene rings is 2. The average molecular weight is 562 g/mol. The quantitative estimate of drug-likeness (QED) is 0.139. The van der Waals surface area contributed by atoms with Crippen molar-refractivity contribution in [2.45, 2.75) is 66.0 Å². The van der Waals surface area contributed by atoms with Gasteiger partial charge in [-0.1, -0.05) is 56.1 Å². The van der Waals surface area contributed by atoms with E-state index in [2.05, 4.69) is 31.2 Å². The number of hydrogen-bond donors (Lipinski definition) is 4. The van der Waals surface area contributed by atoms with Crippen LogP contribution in [0.2, 0.25) is 10.0 Å². The van der Waals surface area contributed by atoms with Crippen LogP contribution < -0.4 is 16.9 Å². The summed E-state index contributed by atoms with van der Waals surface area (Å²) >= 11 is 12.3. The van der Waals surface area contributed by atoms with Gasteiger partial charge in [-0.05, 0) is 74.9 Å². The van der Waals surface area contributed by atoms with Crippen molar-refractivity contribution in [1.29, 1.82) is 5.41 Å². The summed E-state index contributed by atoms with van der Waals surface area (Å²) in [6.45, 7) is 12.3. The number of nitrogens with zero attached hydrogens (tertiary/aromatic N) is 2. The number of nitrogens with one attached hydrogen (secondary N) is 2. The minimum atomic E-state index is -0.622. The Balaban J connectivity index is 2.49. The van der Waals surface area contributed by atoms with Gasteiger partial charge in [-0.2, -0.15) is 5.10 Å². The molecule has 0 heterocycles. The first-order valence-corrected chi connectivity index (χ1v) is 13.1. The summed E-state index contributed by atoms with van der Waals surface area (Å²) in [5, 5.41) is 15.5. The second-order valence-electron chi connectivity index (χ2n) is 11.4. The molecule has 10 heteroatoms. The molecule has 2 rings (SSSR count). The Hall–Kier alpha value is -3.10. The molecule has 0 aliphatic carbocycles. The highest BCUT2D eigenvalue weighted by Gasteiger charge is 2.37. The molecule has 2 aromatic rings. The van der Waals surface area contributed by atoms with E-state index in [1.165, 1.54) is 0 Å². The zero-order valence-electron chi connectivity index (χ0n) is 22.9. The van der Waals surface area contributed by atoms with Crippen molar-refractivity contribution in [3.63, 3.8) is 0 Å². The minimum absolute atomic E-state index is 0.0170. The second kappa shape index (κ2) is 12.6. The van der Waals surface area contributed by atoms with E-state index in [0.29, 0.717) is 27.6 Å². The molecule has 0 fully saturated rings. The Kier molecular flexibility index (Phi) is 10.3. The van der Waals surface area contributed by atoms with E-state index in [9.17, 15) is 9.59 Å². The standard InChI is InChI=1S/C28H38Cl2N6O2/c1-27(2,3)12-11-22(17-7-9-18(10-8-17)25(37)34-16-23(31)35-33)36(28(4,5)6)26(38)24(32)19-13-20(29)15-21(30)14-19/h7-10,13-15,22,32H,11-12,16,33H2,1-6H3,(H2,31,35)(H,34,37). The molecule has 1 atom stereocenters. The zero-order valence-corrected chi connectivity index (χ0v) is 24.4. The summed E-state index contributed by atoms with van der Waals surface area (Å²) in [4.78, 5) is 28.2. The van der Waals surface area contributed by atoms with E-state index in [0.717, 1.165) is 12.0 Å². The molecule has 0 saturated carbocycles. The first-order chi connectivity index (χ1) is 17.5. The molecule has 2 aromatic carbocycles.